The highest BCUT2D eigenvalue weighted by Gasteiger charge is 2.36. The second kappa shape index (κ2) is 10.7. The van der Waals surface area contributed by atoms with Gasteiger partial charge in [-0.05, 0) is 73.2 Å². The van der Waals surface area contributed by atoms with Crippen molar-refractivity contribution in [2.75, 3.05) is 30.5 Å². The molecule has 1 saturated heterocycles. The minimum atomic E-state index is -0.635. The smallest absolute Gasteiger partial charge is 0.311 e. The molecule has 0 aliphatic carbocycles. The number of nitrogens with zero attached hydrogens (tertiary/aromatic N) is 1. The van der Waals surface area contributed by atoms with Gasteiger partial charge in [-0.1, -0.05) is 12.1 Å². The van der Waals surface area contributed by atoms with Crippen LogP contribution in [0.5, 0.6) is 17.2 Å². The quantitative estimate of drug-likeness (QED) is 0.489. The molecule has 0 radical (unpaired) electrons. The van der Waals surface area contributed by atoms with Gasteiger partial charge in [-0.15, -0.1) is 0 Å². The number of carbonyl (C=O) groups is 3. The first-order chi connectivity index (χ1) is 16.9. The molecule has 2 amide bonds. The molecule has 35 heavy (non-hydrogen) atoms. The van der Waals surface area contributed by atoms with Gasteiger partial charge < -0.3 is 24.4 Å². The molecule has 3 aromatic carbocycles. The predicted molar refractivity (Wildman–Crippen MR) is 131 cm³/mol. The maximum atomic E-state index is 12.5. The highest BCUT2D eigenvalue weighted by Crippen LogP contribution is 2.29. The maximum absolute atomic E-state index is 12.5. The average molecular weight is 475 g/mol. The number of nitrogens with one attached hydrogen (secondary N) is 1. The van der Waals surface area contributed by atoms with Crippen molar-refractivity contribution in [1.82, 2.24) is 0 Å². The van der Waals surface area contributed by atoms with Crippen LogP contribution < -0.4 is 19.7 Å². The Bertz CT molecular complexity index is 1210. The van der Waals surface area contributed by atoms with E-state index in [0.29, 0.717) is 22.9 Å². The number of aryl methyl sites for hydroxylation is 1. The van der Waals surface area contributed by atoms with E-state index in [1.165, 1.54) is 4.90 Å². The van der Waals surface area contributed by atoms with Crippen LogP contribution in [0.3, 0.4) is 0 Å². The number of rotatable bonds is 8. The van der Waals surface area contributed by atoms with Crippen LogP contribution in [0.1, 0.15) is 12.0 Å². The first kappa shape index (κ1) is 23.8. The number of amides is 2. The van der Waals surface area contributed by atoms with Gasteiger partial charge in [0.05, 0.1) is 13.0 Å². The third-order valence-corrected chi connectivity index (χ3v) is 5.55. The van der Waals surface area contributed by atoms with Crippen LogP contribution in [0, 0.1) is 12.8 Å². The number of hydrogen-bond acceptors (Lipinski definition) is 6. The van der Waals surface area contributed by atoms with Crippen LogP contribution in [0.4, 0.5) is 11.4 Å². The van der Waals surface area contributed by atoms with Crippen molar-refractivity contribution in [2.45, 2.75) is 13.3 Å². The molecule has 1 fully saturated rings. The molecule has 1 aliphatic heterocycles. The summed E-state index contributed by atoms with van der Waals surface area (Å²) in [5.41, 5.74) is 2.29. The van der Waals surface area contributed by atoms with Gasteiger partial charge in [-0.25, -0.2) is 0 Å². The van der Waals surface area contributed by atoms with Crippen molar-refractivity contribution < 1.29 is 28.6 Å². The summed E-state index contributed by atoms with van der Waals surface area (Å²) in [6.07, 6.45) is 0.0302. The second-order valence-corrected chi connectivity index (χ2v) is 8.20. The van der Waals surface area contributed by atoms with Gasteiger partial charge in [-0.2, -0.15) is 0 Å². The van der Waals surface area contributed by atoms with Gasteiger partial charge in [0, 0.05) is 24.3 Å². The molecule has 8 nitrogen and oxygen atoms in total. The van der Waals surface area contributed by atoms with Crippen LogP contribution in [0.25, 0.3) is 0 Å². The Balaban J connectivity index is 1.29. The highest BCUT2D eigenvalue weighted by molar-refractivity contribution is 6.00. The molecule has 4 rings (SSSR count). The Hall–Kier alpha value is -4.33. The van der Waals surface area contributed by atoms with Crippen molar-refractivity contribution in [2.24, 2.45) is 5.92 Å². The molecule has 0 saturated carbocycles. The SMILES string of the molecule is COc1ccc(Oc2ccc(N3C[C@H](C(=O)OCC(=O)Nc4cccc(C)c4)CC3=O)cc2)cc1. The van der Waals surface area contributed by atoms with Crippen LogP contribution in [0.2, 0.25) is 0 Å². The Morgan fingerprint density at radius 3 is 2.29 bits per heavy atom. The minimum Gasteiger partial charge on any atom is -0.497 e. The number of carbonyl (C=O) groups excluding carboxylic acids is 3. The van der Waals surface area contributed by atoms with Crippen LogP contribution in [-0.2, 0) is 19.1 Å². The molecule has 3 aromatic rings. The Morgan fingerprint density at radius 2 is 1.63 bits per heavy atom. The van der Waals surface area contributed by atoms with Gasteiger partial charge >= 0.3 is 5.97 Å². The molecule has 8 heteroatoms. The van der Waals surface area contributed by atoms with Crippen molar-refractivity contribution in [3.05, 3.63) is 78.4 Å². The molecule has 1 N–H and O–H groups in total. The first-order valence-electron chi connectivity index (χ1n) is 11.2. The summed E-state index contributed by atoms with van der Waals surface area (Å²) in [6.45, 7) is 1.70. The normalized spacial score (nSPS) is 15.0. The third-order valence-electron chi connectivity index (χ3n) is 5.55. The van der Waals surface area contributed by atoms with Crippen LogP contribution in [-0.4, -0.2) is 38.0 Å². The van der Waals surface area contributed by atoms with Gasteiger partial charge in [0.25, 0.3) is 5.91 Å². The predicted octanol–water partition coefficient (Wildman–Crippen LogP) is 4.33. The summed E-state index contributed by atoms with van der Waals surface area (Å²) in [5.74, 6) is 0.188. The third kappa shape index (κ3) is 6.17. The van der Waals surface area contributed by atoms with Gasteiger partial charge in [0.15, 0.2) is 6.61 Å². The number of esters is 1. The van der Waals surface area contributed by atoms with Crippen molar-refractivity contribution >= 4 is 29.2 Å². The fourth-order valence-corrected chi connectivity index (χ4v) is 3.76. The van der Waals surface area contributed by atoms with Crippen LogP contribution in [0.15, 0.2) is 72.8 Å². The Kier molecular flexibility index (Phi) is 7.30. The molecular formula is C27H26N2O6. The molecule has 180 valence electrons. The largest absolute Gasteiger partial charge is 0.497 e. The zero-order valence-electron chi connectivity index (χ0n) is 19.5. The lowest BCUT2D eigenvalue weighted by Gasteiger charge is -2.17. The number of benzene rings is 3. The summed E-state index contributed by atoms with van der Waals surface area (Å²) >= 11 is 0. The monoisotopic (exact) mass is 474 g/mol. The topological polar surface area (TPSA) is 94.2 Å². The molecule has 1 aliphatic rings. The fourth-order valence-electron chi connectivity index (χ4n) is 3.76. The van der Waals surface area contributed by atoms with E-state index in [4.69, 9.17) is 14.2 Å². The Labute approximate surface area is 203 Å². The lowest BCUT2D eigenvalue weighted by Crippen LogP contribution is -2.28. The Morgan fingerprint density at radius 1 is 0.971 bits per heavy atom. The summed E-state index contributed by atoms with van der Waals surface area (Å²) in [6, 6.07) is 21.6. The van der Waals surface area contributed by atoms with Gasteiger partial charge in [0.1, 0.15) is 17.2 Å². The summed E-state index contributed by atoms with van der Waals surface area (Å²) in [4.78, 5) is 38.6. The number of hydrogen-bond donors (Lipinski definition) is 1. The molecule has 1 atom stereocenters. The van der Waals surface area contributed by atoms with Gasteiger partial charge in [0.2, 0.25) is 5.91 Å². The minimum absolute atomic E-state index is 0.0302. The molecule has 0 bridgehead atoms. The van der Waals surface area contributed by atoms with Crippen LogP contribution >= 0.6 is 0 Å². The molecule has 1 heterocycles. The lowest BCUT2D eigenvalue weighted by molar-refractivity contribution is -0.151. The number of anilines is 2. The van der Waals surface area contributed by atoms with E-state index < -0.39 is 24.4 Å². The fraction of sp³-hybridized carbons (Fsp3) is 0.222. The van der Waals surface area contributed by atoms with E-state index in [1.807, 2.05) is 25.1 Å². The highest BCUT2D eigenvalue weighted by atomic mass is 16.5. The number of methoxy groups -OCH3 is 1. The summed E-state index contributed by atoms with van der Waals surface area (Å²) < 4.78 is 16.1. The molecule has 0 aromatic heterocycles. The van der Waals surface area contributed by atoms with Crippen molar-refractivity contribution in [1.29, 1.82) is 0 Å². The maximum Gasteiger partial charge on any atom is 0.311 e. The lowest BCUT2D eigenvalue weighted by atomic mass is 10.1. The molecule has 0 spiro atoms. The van der Waals surface area contributed by atoms with Crippen molar-refractivity contribution in [3.63, 3.8) is 0 Å². The van der Waals surface area contributed by atoms with E-state index >= 15 is 0 Å². The summed E-state index contributed by atoms with van der Waals surface area (Å²) in [5, 5.41) is 2.69. The first-order valence-corrected chi connectivity index (χ1v) is 11.2. The zero-order valence-corrected chi connectivity index (χ0v) is 19.5. The second-order valence-electron chi connectivity index (χ2n) is 8.20. The standard InChI is InChI=1S/C27H26N2O6/c1-18-4-3-5-20(14-18)28-25(30)17-34-27(32)19-15-26(31)29(16-19)21-6-8-23(9-7-21)35-24-12-10-22(33-2)11-13-24/h3-14,19H,15-17H2,1-2H3,(H,28,30)/t19-/m1/s1. The molecule has 0 unspecified atom stereocenters. The van der Waals surface area contributed by atoms with E-state index in [0.717, 1.165) is 11.3 Å². The van der Waals surface area contributed by atoms with E-state index in [-0.39, 0.29) is 18.9 Å². The number of ether oxygens (including phenoxy) is 3. The van der Waals surface area contributed by atoms with Crippen molar-refractivity contribution in [3.8, 4) is 17.2 Å². The molecular weight excluding hydrogens is 448 g/mol. The average Bonchev–Trinajstić information content (AvgIpc) is 3.25. The van der Waals surface area contributed by atoms with E-state index in [2.05, 4.69) is 5.32 Å². The van der Waals surface area contributed by atoms with Gasteiger partial charge in [-0.3, -0.25) is 14.4 Å². The summed E-state index contributed by atoms with van der Waals surface area (Å²) in [7, 11) is 1.60. The zero-order chi connectivity index (χ0) is 24.8. The van der Waals surface area contributed by atoms with E-state index in [9.17, 15) is 14.4 Å². The van der Waals surface area contributed by atoms with E-state index in [1.54, 1.807) is 61.7 Å².